The highest BCUT2D eigenvalue weighted by molar-refractivity contribution is 5.44. The molecular formula is C18H22N4O. The van der Waals surface area contributed by atoms with E-state index in [1.165, 1.54) is 11.3 Å². The molecular weight excluding hydrogens is 288 g/mol. The van der Waals surface area contributed by atoms with Crippen LogP contribution in [0.15, 0.2) is 30.3 Å². The maximum atomic E-state index is 6.09. The third-order valence-electron chi connectivity index (χ3n) is 4.63. The molecule has 0 N–H and O–H groups in total. The fraction of sp³-hybridized carbons (Fsp3) is 0.444. The average molecular weight is 310 g/mol. The van der Waals surface area contributed by atoms with Crippen LogP contribution in [0.4, 0.5) is 5.95 Å². The summed E-state index contributed by atoms with van der Waals surface area (Å²) in [6, 6.07) is 9.90. The Balaban J connectivity index is 1.65. The topological polar surface area (TPSA) is 41.5 Å². The number of likely N-dealkylation sites (N-methyl/N-ethyl adjacent to an activating group) is 1. The van der Waals surface area contributed by atoms with Gasteiger partial charge in [-0.2, -0.15) is 4.98 Å². The normalized spacial score (nSPS) is 18.0. The largest absolute Gasteiger partial charge is 0.439 e. The number of fused-ring (bicyclic) bond motifs is 1. The second-order valence-electron chi connectivity index (χ2n) is 6.31. The van der Waals surface area contributed by atoms with E-state index >= 15 is 0 Å². The number of rotatable bonds is 3. The van der Waals surface area contributed by atoms with Gasteiger partial charge in [-0.3, -0.25) is 0 Å². The predicted octanol–water partition coefficient (Wildman–Crippen LogP) is 2.51. The number of para-hydroxylation sites is 1. The lowest BCUT2D eigenvalue weighted by Gasteiger charge is -2.32. The minimum absolute atomic E-state index is 0.743. The second kappa shape index (κ2) is 6.16. The van der Waals surface area contributed by atoms with Crippen LogP contribution in [-0.4, -0.2) is 48.1 Å². The van der Waals surface area contributed by atoms with Gasteiger partial charge < -0.3 is 14.5 Å². The molecule has 5 nitrogen and oxygen atoms in total. The zero-order valence-corrected chi connectivity index (χ0v) is 13.5. The van der Waals surface area contributed by atoms with Gasteiger partial charge in [0.1, 0.15) is 5.75 Å². The van der Waals surface area contributed by atoms with Crippen molar-refractivity contribution in [3.63, 3.8) is 0 Å². The lowest BCUT2D eigenvalue weighted by atomic mass is 10.2. The van der Waals surface area contributed by atoms with Crippen molar-refractivity contribution in [2.75, 3.05) is 38.1 Å². The molecule has 0 atom stereocenters. The molecule has 4 rings (SSSR count). The van der Waals surface area contributed by atoms with Crippen molar-refractivity contribution in [1.82, 2.24) is 14.9 Å². The molecule has 2 aliphatic rings. The van der Waals surface area contributed by atoms with Crippen LogP contribution in [-0.2, 0) is 12.8 Å². The van der Waals surface area contributed by atoms with Crippen molar-refractivity contribution >= 4 is 5.95 Å². The second-order valence-corrected chi connectivity index (χ2v) is 6.31. The summed E-state index contributed by atoms with van der Waals surface area (Å²) < 4.78 is 6.09. The molecule has 0 spiro atoms. The Hall–Kier alpha value is -2.14. The van der Waals surface area contributed by atoms with Gasteiger partial charge in [-0.15, -0.1) is 0 Å². The Morgan fingerprint density at radius 3 is 2.52 bits per heavy atom. The van der Waals surface area contributed by atoms with Gasteiger partial charge in [0.05, 0.1) is 5.69 Å². The molecule has 0 radical (unpaired) electrons. The lowest BCUT2D eigenvalue weighted by Crippen LogP contribution is -2.45. The molecule has 1 aliphatic heterocycles. The van der Waals surface area contributed by atoms with Crippen molar-refractivity contribution in [3.8, 4) is 11.6 Å². The van der Waals surface area contributed by atoms with Gasteiger partial charge in [0.2, 0.25) is 11.8 Å². The SMILES string of the molecule is CN1CCN(c2nc3c(c(Oc4ccccc4)n2)CCC3)CC1. The molecule has 2 heterocycles. The van der Waals surface area contributed by atoms with Crippen molar-refractivity contribution in [3.05, 3.63) is 41.6 Å². The smallest absolute Gasteiger partial charge is 0.228 e. The van der Waals surface area contributed by atoms with Gasteiger partial charge in [-0.05, 0) is 38.4 Å². The Morgan fingerprint density at radius 1 is 0.957 bits per heavy atom. The van der Waals surface area contributed by atoms with Crippen LogP contribution < -0.4 is 9.64 Å². The molecule has 1 fully saturated rings. The number of piperazine rings is 1. The molecule has 2 aromatic rings. The van der Waals surface area contributed by atoms with E-state index in [-0.39, 0.29) is 0 Å². The minimum Gasteiger partial charge on any atom is -0.439 e. The van der Waals surface area contributed by atoms with Gasteiger partial charge in [0.15, 0.2) is 0 Å². The molecule has 0 unspecified atom stereocenters. The first-order valence-corrected chi connectivity index (χ1v) is 8.36. The van der Waals surface area contributed by atoms with Crippen LogP contribution in [0, 0.1) is 0 Å². The first-order chi connectivity index (χ1) is 11.3. The zero-order chi connectivity index (χ0) is 15.6. The number of nitrogens with zero attached hydrogens (tertiary/aromatic N) is 4. The highest BCUT2D eigenvalue weighted by atomic mass is 16.5. The van der Waals surface area contributed by atoms with Crippen molar-refractivity contribution in [2.45, 2.75) is 19.3 Å². The predicted molar refractivity (Wildman–Crippen MR) is 90.3 cm³/mol. The summed E-state index contributed by atoms with van der Waals surface area (Å²) in [5.41, 5.74) is 2.35. The Labute approximate surface area is 136 Å². The van der Waals surface area contributed by atoms with Crippen LogP contribution >= 0.6 is 0 Å². The Morgan fingerprint density at radius 2 is 1.74 bits per heavy atom. The Kier molecular flexibility index (Phi) is 3.87. The van der Waals surface area contributed by atoms with E-state index in [1.54, 1.807) is 0 Å². The molecule has 0 bridgehead atoms. The standard InChI is InChI=1S/C18H22N4O/c1-21-10-12-22(13-11-21)18-19-16-9-5-8-15(16)17(20-18)23-14-6-3-2-4-7-14/h2-4,6-7H,5,8-13H2,1H3. The summed E-state index contributed by atoms with van der Waals surface area (Å²) in [6.45, 7) is 4.05. The van der Waals surface area contributed by atoms with Gasteiger partial charge in [-0.25, -0.2) is 4.98 Å². The third kappa shape index (κ3) is 3.01. The quantitative estimate of drug-likeness (QED) is 0.871. The summed E-state index contributed by atoms with van der Waals surface area (Å²) in [7, 11) is 2.16. The molecule has 1 aromatic heterocycles. The number of hydrogen-bond acceptors (Lipinski definition) is 5. The fourth-order valence-corrected chi connectivity index (χ4v) is 3.22. The molecule has 0 saturated carbocycles. The van der Waals surface area contributed by atoms with Crippen LogP contribution in [0.2, 0.25) is 0 Å². The van der Waals surface area contributed by atoms with E-state index in [0.717, 1.165) is 63.0 Å². The number of hydrogen-bond donors (Lipinski definition) is 0. The summed E-state index contributed by atoms with van der Waals surface area (Å²) >= 11 is 0. The number of anilines is 1. The van der Waals surface area contributed by atoms with E-state index in [9.17, 15) is 0 Å². The lowest BCUT2D eigenvalue weighted by molar-refractivity contribution is 0.310. The molecule has 1 aromatic carbocycles. The van der Waals surface area contributed by atoms with E-state index in [0.29, 0.717) is 0 Å². The van der Waals surface area contributed by atoms with Gasteiger partial charge >= 0.3 is 0 Å². The van der Waals surface area contributed by atoms with Gasteiger partial charge in [0, 0.05) is 31.7 Å². The number of ether oxygens (including phenoxy) is 1. The maximum Gasteiger partial charge on any atom is 0.228 e. The van der Waals surface area contributed by atoms with Crippen molar-refractivity contribution < 1.29 is 4.74 Å². The van der Waals surface area contributed by atoms with Crippen molar-refractivity contribution in [2.24, 2.45) is 0 Å². The average Bonchev–Trinajstić information content (AvgIpc) is 3.05. The summed E-state index contributed by atoms with van der Waals surface area (Å²) in [5.74, 6) is 2.40. The minimum atomic E-state index is 0.743. The third-order valence-corrected chi connectivity index (χ3v) is 4.63. The van der Waals surface area contributed by atoms with Gasteiger partial charge in [-0.1, -0.05) is 18.2 Å². The zero-order valence-electron chi connectivity index (χ0n) is 13.5. The molecule has 1 aliphatic carbocycles. The molecule has 120 valence electrons. The van der Waals surface area contributed by atoms with E-state index in [2.05, 4.69) is 16.8 Å². The number of aryl methyl sites for hydroxylation is 1. The maximum absolute atomic E-state index is 6.09. The summed E-state index contributed by atoms with van der Waals surface area (Å²) in [5, 5.41) is 0. The van der Waals surface area contributed by atoms with Gasteiger partial charge in [0.25, 0.3) is 0 Å². The van der Waals surface area contributed by atoms with E-state index in [1.807, 2.05) is 30.3 Å². The summed E-state index contributed by atoms with van der Waals surface area (Å²) in [6.07, 6.45) is 3.19. The molecule has 5 heteroatoms. The molecule has 23 heavy (non-hydrogen) atoms. The highest BCUT2D eigenvalue weighted by Crippen LogP contribution is 2.33. The van der Waals surface area contributed by atoms with Crippen LogP contribution in [0.25, 0.3) is 0 Å². The summed E-state index contributed by atoms with van der Waals surface area (Å²) in [4.78, 5) is 14.2. The van der Waals surface area contributed by atoms with E-state index < -0.39 is 0 Å². The van der Waals surface area contributed by atoms with Crippen LogP contribution in [0.3, 0.4) is 0 Å². The first kappa shape index (κ1) is 14.5. The monoisotopic (exact) mass is 310 g/mol. The van der Waals surface area contributed by atoms with E-state index in [4.69, 9.17) is 14.7 Å². The van der Waals surface area contributed by atoms with Crippen molar-refractivity contribution in [1.29, 1.82) is 0 Å². The molecule has 0 amide bonds. The molecule has 1 saturated heterocycles. The van der Waals surface area contributed by atoms with Crippen LogP contribution in [0.1, 0.15) is 17.7 Å². The number of aromatic nitrogens is 2. The number of benzene rings is 1. The first-order valence-electron chi connectivity index (χ1n) is 8.36. The highest BCUT2D eigenvalue weighted by Gasteiger charge is 2.24. The Bertz CT molecular complexity index is 681. The fourth-order valence-electron chi connectivity index (χ4n) is 3.22. The van der Waals surface area contributed by atoms with Crippen LogP contribution in [0.5, 0.6) is 11.6 Å².